The number of nitrogen functional groups attached to an aromatic ring is 1. The highest BCUT2D eigenvalue weighted by Crippen LogP contribution is 2.25. The summed E-state index contributed by atoms with van der Waals surface area (Å²) in [5, 5.41) is 0. The van der Waals surface area contributed by atoms with Crippen molar-refractivity contribution in [3.8, 4) is 0 Å². The second-order valence-electron chi connectivity index (χ2n) is 6.06. The lowest BCUT2D eigenvalue weighted by molar-refractivity contribution is 0.114. The molecule has 3 nitrogen and oxygen atoms in total. The highest BCUT2D eigenvalue weighted by atomic mass is 16.5. The van der Waals surface area contributed by atoms with Crippen molar-refractivity contribution in [3.63, 3.8) is 0 Å². The van der Waals surface area contributed by atoms with Crippen LogP contribution in [0.2, 0.25) is 0 Å². The Kier molecular flexibility index (Phi) is 5.83. The Morgan fingerprint density at radius 1 is 1.21 bits per heavy atom. The van der Waals surface area contributed by atoms with E-state index in [-0.39, 0.29) is 5.41 Å². The van der Waals surface area contributed by atoms with E-state index in [2.05, 4.69) is 44.7 Å². The molecule has 3 heteroatoms. The molecule has 0 saturated carbocycles. The van der Waals surface area contributed by atoms with Crippen LogP contribution in [0.15, 0.2) is 24.3 Å². The maximum atomic E-state index is 5.76. The Morgan fingerprint density at radius 3 is 2.26 bits per heavy atom. The molecule has 0 radical (unpaired) electrons. The van der Waals surface area contributed by atoms with Crippen molar-refractivity contribution in [2.24, 2.45) is 0 Å². The molecule has 0 bridgehead atoms. The van der Waals surface area contributed by atoms with E-state index in [1.165, 1.54) is 5.56 Å². The predicted octanol–water partition coefficient (Wildman–Crippen LogP) is 2.90. The number of hydrogen-bond donors (Lipinski definition) is 1. The zero-order chi connectivity index (χ0) is 14.5. The summed E-state index contributed by atoms with van der Waals surface area (Å²) in [7, 11) is 1.75. The molecular formula is C16H28N2O. The minimum atomic E-state index is 0.103. The molecule has 0 fully saturated rings. The minimum Gasteiger partial charge on any atom is -0.399 e. The van der Waals surface area contributed by atoms with E-state index in [1.54, 1.807) is 7.11 Å². The van der Waals surface area contributed by atoms with Gasteiger partial charge in [0.2, 0.25) is 0 Å². The molecule has 0 saturated heterocycles. The van der Waals surface area contributed by atoms with Crippen LogP contribution < -0.4 is 5.73 Å². The lowest BCUT2D eigenvalue weighted by atomic mass is 9.83. The van der Waals surface area contributed by atoms with Gasteiger partial charge < -0.3 is 10.5 Å². The van der Waals surface area contributed by atoms with Gasteiger partial charge in [0.05, 0.1) is 6.61 Å². The normalized spacial score (nSPS) is 12.4. The molecule has 0 aromatic heterocycles. The van der Waals surface area contributed by atoms with Gasteiger partial charge in [0, 0.05) is 37.3 Å². The van der Waals surface area contributed by atoms with Crippen LogP contribution in [0.5, 0.6) is 0 Å². The van der Waals surface area contributed by atoms with Crippen LogP contribution in [0.4, 0.5) is 5.69 Å². The molecule has 0 unspecified atom stereocenters. The molecule has 0 aliphatic heterocycles. The molecule has 0 spiro atoms. The van der Waals surface area contributed by atoms with Gasteiger partial charge in [-0.2, -0.15) is 0 Å². The molecule has 1 rings (SSSR count). The zero-order valence-electron chi connectivity index (χ0n) is 12.9. The third kappa shape index (κ3) is 4.84. The van der Waals surface area contributed by atoms with Gasteiger partial charge >= 0.3 is 0 Å². The predicted molar refractivity (Wildman–Crippen MR) is 82.5 cm³/mol. The molecule has 1 aromatic rings. The van der Waals surface area contributed by atoms with Gasteiger partial charge in [0.25, 0.3) is 0 Å². The number of nitrogens with zero attached hydrogens (tertiary/aromatic N) is 1. The average molecular weight is 264 g/mol. The van der Waals surface area contributed by atoms with Gasteiger partial charge in [0.1, 0.15) is 0 Å². The molecule has 0 aliphatic rings. The van der Waals surface area contributed by atoms with Crippen molar-refractivity contribution >= 4 is 5.69 Å². The highest BCUT2D eigenvalue weighted by molar-refractivity contribution is 5.41. The number of nitrogens with two attached hydrogens (primary N) is 1. The molecule has 108 valence electrons. The second kappa shape index (κ2) is 6.92. The highest BCUT2D eigenvalue weighted by Gasteiger charge is 2.25. The van der Waals surface area contributed by atoms with Gasteiger partial charge in [0.15, 0.2) is 0 Å². The van der Waals surface area contributed by atoms with Crippen molar-refractivity contribution in [2.45, 2.75) is 39.2 Å². The minimum absolute atomic E-state index is 0.103. The van der Waals surface area contributed by atoms with Crippen molar-refractivity contribution in [1.82, 2.24) is 4.90 Å². The van der Waals surface area contributed by atoms with E-state index in [0.717, 1.165) is 25.4 Å². The molecule has 2 N–H and O–H groups in total. The van der Waals surface area contributed by atoms with Gasteiger partial charge in [-0.05, 0) is 31.5 Å². The Balaban J connectivity index is 2.77. The molecule has 19 heavy (non-hydrogen) atoms. The third-order valence-electron chi connectivity index (χ3n) is 3.60. The maximum Gasteiger partial charge on any atom is 0.0589 e. The summed E-state index contributed by atoms with van der Waals surface area (Å²) in [6.45, 7) is 11.8. The van der Waals surface area contributed by atoms with E-state index < -0.39 is 0 Å². The topological polar surface area (TPSA) is 38.5 Å². The first-order valence-corrected chi connectivity index (χ1v) is 6.96. The average Bonchev–Trinajstić information content (AvgIpc) is 2.34. The fourth-order valence-electron chi connectivity index (χ4n) is 2.26. The van der Waals surface area contributed by atoms with Crippen molar-refractivity contribution in [3.05, 3.63) is 29.8 Å². The smallest absolute Gasteiger partial charge is 0.0589 e. The number of hydrogen-bond acceptors (Lipinski definition) is 3. The van der Waals surface area contributed by atoms with Gasteiger partial charge in [-0.1, -0.05) is 26.0 Å². The van der Waals surface area contributed by atoms with E-state index in [4.69, 9.17) is 10.5 Å². The largest absolute Gasteiger partial charge is 0.399 e. The molecule has 0 amide bonds. The SMILES string of the molecule is COCCN(CC(C)(C)c1ccc(N)cc1)C(C)C. The summed E-state index contributed by atoms with van der Waals surface area (Å²) in [6.07, 6.45) is 0. The Hall–Kier alpha value is -1.06. The van der Waals surface area contributed by atoms with E-state index in [9.17, 15) is 0 Å². The summed E-state index contributed by atoms with van der Waals surface area (Å²) in [4.78, 5) is 2.46. The van der Waals surface area contributed by atoms with E-state index in [0.29, 0.717) is 6.04 Å². The summed E-state index contributed by atoms with van der Waals surface area (Å²) < 4.78 is 5.20. The Morgan fingerprint density at radius 2 is 1.79 bits per heavy atom. The van der Waals surface area contributed by atoms with E-state index in [1.807, 2.05) is 12.1 Å². The van der Waals surface area contributed by atoms with Crippen LogP contribution in [-0.2, 0) is 10.2 Å². The molecule has 0 atom stereocenters. The summed E-state index contributed by atoms with van der Waals surface area (Å²) in [5.41, 5.74) is 8.00. The summed E-state index contributed by atoms with van der Waals surface area (Å²) in [5.74, 6) is 0. The fourth-order valence-corrected chi connectivity index (χ4v) is 2.26. The standard InChI is InChI=1S/C16H28N2O/c1-13(2)18(10-11-19-5)12-16(3,4)14-6-8-15(17)9-7-14/h6-9,13H,10-12,17H2,1-5H3. The number of benzene rings is 1. The number of anilines is 1. The summed E-state index contributed by atoms with van der Waals surface area (Å²) in [6, 6.07) is 8.73. The van der Waals surface area contributed by atoms with Crippen LogP contribution in [0.3, 0.4) is 0 Å². The number of ether oxygens (including phenoxy) is 1. The number of methoxy groups -OCH3 is 1. The first-order valence-electron chi connectivity index (χ1n) is 6.96. The van der Waals surface area contributed by atoms with Gasteiger partial charge in [-0.25, -0.2) is 0 Å². The Labute approximate surface area is 117 Å². The quantitative estimate of drug-likeness (QED) is 0.770. The maximum absolute atomic E-state index is 5.76. The van der Waals surface area contributed by atoms with Gasteiger partial charge in [-0.3, -0.25) is 4.90 Å². The molecule has 1 aromatic carbocycles. The summed E-state index contributed by atoms with van der Waals surface area (Å²) >= 11 is 0. The zero-order valence-corrected chi connectivity index (χ0v) is 12.9. The van der Waals surface area contributed by atoms with Crippen LogP contribution in [0, 0.1) is 0 Å². The Bertz CT molecular complexity index is 371. The lowest BCUT2D eigenvalue weighted by Gasteiger charge is -2.35. The van der Waals surface area contributed by atoms with Crippen LogP contribution in [0.1, 0.15) is 33.3 Å². The third-order valence-corrected chi connectivity index (χ3v) is 3.60. The first kappa shape index (κ1) is 16.0. The van der Waals surface area contributed by atoms with Crippen LogP contribution >= 0.6 is 0 Å². The van der Waals surface area contributed by atoms with Crippen LogP contribution in [-0.4, -0.2) is 37.7 Å². The van der Waals surface area contributed by atoms with Crippen LogP contribution in [0.25, 0.3) is 0 Å². The molecule has 0 aliphatic carbocycles. The lowest BCUT2D eigenvalue weighted by Crippen LogP contribution is -2.42. The van der Waals surface area contributed by atoms with Crippen molar-refractivity contribution in [1.29, 1.82) is 0 Å². The monoisotopic (exact) mass is 264 g/mol. The fraction of sp³-hybridized carbons (Fsp3) is 0.625. The molecular weight excluding hydrogens is 236 g/mol. The number of rotatable bonds is 7. The second-order valence-corrected chi connectivity index (χ2v) is 6.06. The first-order chi connectivity index (χ1) is 8.86. The van der Waals surface area contributed by atoms with Crippen molar-refractivity contribution in [2.75, 3.05) is 32.5 Å². The van der Waals surface area contributed by atoms with E-state index >= 15 is 0 Å². The van der Waals surface area contributed by atoms with Gasteiger partial charge in [-0.15, -0.1) is 0 Å². The molecule has 0 heterocycles. The van der Waals surface area contributed by atoms with Crippen molar-refractivity contribution < 1.29 is 4.74 Å².